The smallest absolute Gasteiger partial charge is 0.297 e. The SMILES string of the molecule is O=CC(Oc1ccccc1)Oc1ccccc1. The highest BCUT2D eigenvalue weighted by Gasteiger charge is 2.09. The molecule has 0 bridgehead atoms. The molecule has 0 heterocycles. The summed E-state index contributed by atoms with van der Waals surface area (Å²) in [6, 6.07) is 18.2. The van der Waals surface area contributed by atoms with Gasteiger partial charge in [0, 0.05) is 0 Å². The van der Waals surface area contributed by atoms with E-state index in [1.165, 1.54) is 0 Å². The molecule has 2 aromatic rings. The van der Waals surface area contributed by atoms with Crippen molar-refractivity contribution in [3.8, 4) is 11.5 Å². The molecule has 0 N–H and O–H groups in total. The third kappa shape index (κ3) is 3.34. The number of rotatable bonds is 5. The van der Waals surface area contributed by atoms with Crippen molar-refractivity contribution in [3.63, 3.8) is 0 Å². The second-order valence-corrected chi connectivity index (χ2v) is 3.37. The lowest BCUT2D eigenvalue weighted by atomic mass is 10.3. The molecule has 0 aliphatic rings. The first kappa shape index (κ1) is 11.2. The zero-order chi connectivity index (χ0) is 11.9. The molecule has 0 fully saturated rings. The van der Waals surface area contributed by atoms with Crippen molar-refractivity contribution in [2.75, 3.05) is 0 Å². The summed E-state index contributed by atoms with van der Waals surface area (Å²) in [4.78, 5) is 10.9. The third-order valence-corrected chi connectivity index (χ3v) is 2.10. The summed E-state index contributed by atoms with van der Waals surface area (Å²) in [6.07, 6.45) is -0.306. The zero-order valence-electron chi connectivity index (χ0n) is 9.15. The maximum atomic E-state index is 10.9. The fourth-order valence-corrected chi connectivity index (χ4v) is 1.35. The first-order valence-corrected chi connectivity index (χ1v) is 5.27. The molecule has 0 atom stereocenters. The molecular weight excluding hydrogens is 216 g/mol. The van der Waals surface area contributed by atoms with E-state index in [-0.39, 0.29) is 0 Å². The van der Waals surface area contributed by atoms with Gasteiger partial charge in [0.1, 0.15) is 11.5 Å². The Morgan fingerprint density at radius 1 is 0.765 bits per heavy atom. The lowest BCUT2D eigenvalue weighted by molar-refractivity contribution is -0.124. The summed E-state index contributed by atoms with van der Waals surface area (Å²) in [5, 5.41) is 0. The van der Waals surface area contributed by atoms with Crippen LogP contribution in [0.15, 0.2) is 60.7 Å². The van der Waals surface area contributed by atoms with E-state index in [4.69, 9.17) is 9.47 Å². The number of hydrogen-bond donors (Lipinski definition) is 0. The minimum absolute atomic E-state index is 0.598. The van der Waals surface area contributed by atoms with E-state index in [2.05, 4.69) is 0 Å². The molecule has 3 nitrogen and oxygen atoms in total. The highest BCUT2D eigenvalue weighted by atomic mass is 16.7. The molecule has 2 rings (SSSR count). The summed E-state index contributed by atoms with van der Waals surface area (Å²) >= 11 is 0. The van der Waals surface area contributed by atoms with E-state index < -0.39 is 6.29 Å². The van der Waals surface area contributed by atoms with Gasteiger partial charge in [0.15, 0.2) is 0 Å². The van der Waals surface area contributed by atoms with Crippen LogP contribution in [0.5, 0.6) is 11.5 Å². The predicted molar refractivity (Wildman–Crippen MR) is 64.0 cm³/mol. The number of hydrogen-bond acceptors (Lipinski definition) is 3. The summed E-state index contributed by atoms with van der Waals surface area (Å²) in [5.41, 5.74) is 0. The van der Waals surface area contributed by atoms with Crippen molar-refractivity contribution in [1.29, 1.82) is 0 Å². The second-order valence-electron chi connectivity index (χ2n) is 3.37. The van der Waals surface area contributed by atoms with Gasteiger partial charge in [-0.15, -0.1) is 0 Å². The van der Waals surface area contributed by atoms with E-state index in [1.807, 2.05) is 36.4 Å². The van der Waals surface area contributed by atoms with E-state index >= 15 is 0 Å². The van der Waals surface area contributed by atoms with Gasteiger partial charge >= 0.3 is 0 Å². The number of carbonyl (C=O) groups excluding carboxylic acids is 1. The monoisotopic (exact) mass is 228 g/mol. The highest BCUT2D eigenvalue weighted by Crippen LogP contribution is 2.14. The summed E-state index contributed by atoms with van der Waals surface area (Å²) in [6.45, 7) is 0. The fraction of sp³-hybridized carbons (Fsp3) is 0.0714. The minimum atomic E-state index is -0.931. The number of para-hydroxylation sites is 2. The van der Waals surface area contributed by atoms with Gasteiger partial charge in [0.05, 0.1) is 0 Å². The molecule has 0 radical (unpaired) electrons. The van der Waals surface area contributed by atoms with Gasteiger partial charge in [0.2, 0.25) is 6.29 Å². The van der Waals surface area contributed by atoms with Gasteiger partial charge in [-0.3, -0.25) is 4.79 Å². The quantitative estimate of drug-likeness (QED) is 0.583. The topological polar surface area (TPSA) is 35.5 Å². The van der Waals surface area contributed by atoms with Gasteiger partial charge in [-0.2, -0.15) is 0 Å². The van der Waals surface area contributed by atoms with Crippen LogP contribution in [-0.2, 0) is 4.79 Å². The maximum Gasteiger partial charge on any atom is 0.297 e. The lowest BCUT2D eigenvalue weighted by Gasteiger charge is -2.15. The molecule has 3 heteroatoms. The zero-order valence-corrected chi connectivity index (χ0v) is 9.15. The van der Waals surface area contributed by atoms with Crippen LogP contribution >= 0.6 is 0 Å². The van der Waals surface area contributed by atoms with Gasteiger partial charge in [-0.05, 0) is 24.3 Å². The molecule has 2 aromatic carbocycles. The maximum absolute atomic E-state index is 10.9. The van der Waals surface area contributed by atoms with Crippen molar-refractivity contribution in [2.45, 2.75) is 6.29 Å². The molecule has 0 saturated carbocycles. The van der Waals surface area contributed by atoms with Gasteiger partial charge in [-0.1, -0.05) is 36.4 Å². The van der Waals surface area contributed by atoms with Crippen LogP contribution in [0.1, 0.15) is 0 Å². The third-order valence-electron chi connectivity index (χ3n) is 2.10. The van der Waals surface area contributed by atoms with Crippen LogP contribution in [0.3, 0.4) is 0 Å². The van der Waals surface area contributed by atoms with Crippen LogP contribution in [0.2, 0.25) is 0 Å². The van der Waals surface area contributed by atoms with Gasteiger partial charge in [-0.25, -0.2) is 0 Å². The van der Waals surface area contributed by atoms with E-state index in [1.54, 1.807) is 24.3 Å². The Morgan fingerprint density at radius 3 is 1.53 bits per heavy atom. The van der Waals surface area contributed by atoms with Crippen molar-refractivity contribution in [3.05, 3.63) is 60.7 Å². The van der Waals surface area contributed by atoms with Crippen LogP contribution < -0.4 is 9.47 Å². The first-order valence-electron chi connectivity index (χ1n) is 5.27. The molecule has 0 aliphatic heterocycles. The Labute approximate surface area is 99.6 Å². The second kappa shape index (κ2) is 5.70. The van der Waals surface area contributed by atoms with Crippen molar-refractivity contribution < 1.29 is 14.3 Å². The molecule has 0 spiro atoms. The summed E-state index contributed by atoms with van der Waals surface area (Å²) in [5.74, 6) is 1.20. The molecule has 0 amide bonds. The fourth-order valence-electron chi connectivity index (χ4n) is 1.35. The molecule has 86 valence electrons. The molecular formula is C14H12O3. The van der Waals surface area contributed by atoms with Gasteiger partial charge < -0.3 is 9.47 Å². The van der Waals surface area contributed by atoms with E-state index in [0.717, 1.165) is 0 Å². The Morgan fingerprint density at radius 2 is 1.18 bits per heavy atom. The van der Waals surface area contributed by atoms with E-state index in [9.17, 15) is 4.79 Å². The number of benzene rings is 2. The number of carbonyl (C=O) groups is 1. The number of ether oxygens (including phenoxy) is 2. The Bertz CT molecular complexity index is 412. The standard InChI is InChI=1S/C14H12O3/c15-11-14(16-12-7-3-1-4-8-12)17-13-9-5-2-6-10-13/h1-11,14H. The minimum Gasteiger partial charge on any atom is -0.448 e. The Kier molecular flexibility index (Phi) is 3.76. The van der Waals surface area contributed by atoms with Crippen molar-refractivity contribution in [2.24, 2.45) is 0 Å². The van der Waals surface area contributed by atoms with Crippen LogP contribution in [0.25, 0.3) is 0 Å². The first-order chi connectivity index (χ1) is 8.38. The predicted octanol–water partition coefficient (Wildman–Crippen LogP) is 2.67. The summed E-state index contributed by atoms with van der Waals surface area (Å²) < 4.78 is 10.8. The highest BCUT2D eigenvalue weighted by molar-refractivity contribution is 5.55. The summed E-state index contributed by atoms with van der Waals surface area (Å²) in [7, 11) is 0. The lowest BCUT2D eigenvalue weighted by Crippen LogP contribution is -2.25. The Hall–Kier alpha value is -2.29. The van der Waals surface area contributed by atoms with Crippen molar-refractivity contribution in [1.82, 2.24) is 0 Å². The normalized spacial score (nSPS) is 9.94. The molecule has 0 aromatic heterocycles. The average Bonchev–Trinajstić information content (AvgIpc) is 2.40. The largest absolute Gasteiger partial charge is 0.448 e. The average molecular weight is 228 g/mol. The van der Waals surface area contributed by atoms with Crippen LogP contribution in [0, 0.1) is 0 Å². The molecule has 0 unspecified atom stereocenters. The van der Waals surface area contributed by atoms with Crippen LogP contribution in [0.4, 0.5) is 0 Å². The Balaban J connectivity index is 2.01. The van der Waals surface area contributed by atoms with Crippen molar-refractivity contribution >= 4 is 6.29 Å². The molecule has 0 saturated heterocycles. The van der Waals surface area contributed by atoms with Crippen LogP contribution in [-0.4, -0.2) is 12.6 Å². The molecule has 17 heavy (non-hydrogen) atoms. The van der Waals surface area contributed by atoms with E-state index in [0.29, 0.717) is 17.8 Å². The van der Waals surface area contributed by atoms with Gasteiger partial charge in [0.25, 0.3) is 6.29 Å². The molecule has 0 aliphatic carbocycles. The number of aldehydes is 1.